The molecule has 0 aromatic rings. The fraction of sp³-hybridized carbons (Fsp3) is 0.947. The molecule has 0 aliphatic rings. The van der Waals surface area contributed by atoms with Crippen molar-refractivity contribution in [1.29, 1.82) is 0 Å². The van der Waals surface area contributed by atoms with Crippen LogP contribution in [0.15, 0.2) is 0 Å². The van der Waals surface area contributed by atoms with Crippen molar-refractivity contribution in [2.45, 2.75) is 413 Å². The first kappa shape index (κ1) is 93.1. The van der Waals surface area contributed by atoms with Gasteiger partial charge in [0, 0.05) is 25.7 Å². The average Bonchev–Trinajstić information content (AvgIpc) is 3.09. The Bertz CT molecular complexity index is 1840. The van der Waals surface area contributed by atoms with Gasteiger partial charge in [-0.15, -0.1) is 0 Å². The Morgan fingerprint density at radius 3 is 0.800 bits per heavy atom. The molecule has 0 aromatic heterocycles. The van der Waals surface area contributed by atoms with Crippen molar-refractivity contribution in [3.8, 4) is 0 Å². The van der Waals surface area contributed by atoms with Crippen molar-refractivity contribution in [3.63, 3.8) is 0 Å². The predicted molar refractivity (Wildman–Crippen MR) is 386 cm³/mol. The van der Waals surface area contributed by atoms with E-state index in [0.717, 1.165) is 102 Å². The van der Waals surface area contributed by atoms with E-state index < -0.39 is 97.5 Å². The van der Waals surface area contributed by atoms with Crippen molar-refractivity contribution in [1.82, 2.24) is 0 Å². The summed E-state index contributed by atoms with van der Waals surface area (Å²) >= 11 is 0. The first-order valence-electron chi connectivity index (χ1n) is 39.5. The van der Waals surface area contributed by atoms with Crippen LogP contribution in [-0.4, -0.2) is 96.7 Å². The maximum absolute atomic E-state index is 13.1. The molecular formula is C76H148O17P2. The number of rotatable bonds is 75. The van der Waals surface area contributed by atoms with Crippen molar-refractivity contribution in [2.24, 2.45) is 11.8 Å². The zero-order valence-corrected chi connectivity index (χ0v) is 63.8. The van der Waals surface area contributed by atoms with Gasteiger partial charge in [-0.3, -0.25) is 37.3 Å². The minimum Gasteiger partial charge on any atom is -0.462 e. The monoisotopic (exact) mass is 1400 g/mol. The van der Waals surface area contributed by atoms with Crippen LogP contribution >= 0.6 is 15.6 Å². The molecule has 0 spiro atoms. The third-order valence-electron chi connectivity index (χ3n) is 18.1. The molecule has 3 N–H and O–H groups in total. The molecule has 0 aliphatic heterocycles. The highest BCUT2D eigenvalue weighted by Gasteiger charge is 2.30. The van der Waals surface area contributed by atoms with E-state index in [1.165, 1.54) is 205 Å². The van der Waals surface area contributed by atoms with Crippen LogP contribution in [0.3, 0.4) is 0 Å². The largest absolute Gasteiger partial charge is 0.472 e. The molecule has 0 radical (unpaired) electrons. The highest BCUT2D eigenvalue weighted by Crippen LogP contribution is 2.45. The van der Waals surface area contributed by atoms with E-state index in [-0.39, 0.29) is 25.7 Å². The molecule has 564 valence electrons. The second kappa shape index (κ2) is 67.9. The molecule has 19 heteroatoms. The summed E-state index contributed by atoms with van der Waals surface area (Å²) in [5.41, 5.74) is 0. The summed E-state index contributed by atoms with van der Waals surface area (Å²) in [6.45, 7) is 9.57. The van der Waals surface area contributed by atoms with E-state index in [4.69, 9.17) is 37.0 Å². The van der Waals surface area contributed by atoms with E-state index in [1.54, 1.807) is 0 Å². The van der Waals surface area contributed by atoms with Gasteiger partial charge in [0.05, 0.1) is 26.4 Å². The summed E-state index contributed by atoms with van der Waals surface area (Å²) in [5, 5.41) is 10.6. The lowest BCUT2D eigenvalue weighted by atomic mass is 9.99. The van der Waals surface area contributed by atoms with Gasteiger partial charge in [-0.25, -0.2) is 9.13 Å². The number of carbonyl (C=O) groups excluding carboxylic acids is 4. The summed E-state index contributed by atoms with van der Waals surface area (Å²) in [6.07, 6.45) is 55.5. The van der Waals surface area contributed by atoms with Crippen LogP contribution in [-0.2, 0) is 65.4 Å². The maximum atomic E-state index is 13.1. The number of hydrogen-bond donors (Lipinski definition) is 3. The second-order valence-corrected chi connectivity index (χ2v) is 31.0. The number of carbonyl (C=O) groups is 4. The fourth-order valence-electron chi connectivity index (χ4n) is 11.6. The Balaban J connectivity index is 5.23. The summed E-state index contributed by atoms with van der Waals surface area (Å²) in [5.74, 6) is -0.601. The van der Waals surface area contributed by atoms with Gasteiger partial charge in [0.2, 0.25) is 0 Å². The predicted octanol–water partition coefficient (Wildman–Crippen LogP) is 22.3. The van der Waals surface area contributed by atoms with Crippen molar-refractivity contribution in [3.05, 3.63) is 0 Å². The van der Waals surface area contributed by atoms with Gasteiger partial charge in [0.1, 0.15) is 19.3 Å². The molecule has 0 aromatic carbocycles. The SMILES string of the molecule is CCCCCCCCCCCCCCCCCCCCCC(=O)O[C@H](COC(=O)CCCCCCCCCCCCC(C)CC)COP(=O)(O)OC[C@@H](O)COP(=O)(O)OC[C@@H](COC(=O)CCCCCCCCCC(C)C)OC(=O)CCCCCCCCCCCCCC. The smallest absolute Gasteiger partial charge is 0.462 e. The van der Waals surface area contributed by atoms with Gasteiger partial charge >= 0.3 is 39.5 Å². The summed E-state index contributed by atoms with van der Waals surface area (Å²) in [7, 11) is -9.91. The van der Waals surface area contributed by atoms with Crippen LogP contribution in [0.1, 0.15) is 395 Å². The lowest BCUT2D eigenvalue weighted by molar-refractivity contribution is -0.161. The second-order valence-electron chi connectivity index (χ2n) is 28.1. The number of aliphatic hydroxyl groups excluding tert-OH is 1. The standard InChI is InChI=1S/C76H148O17P2/c1-7-10-12-14-16-18-20-22-23-24-25-26-27-28-30-36-42-49-55-61-76(81)92-71(64-86-73(78)58-52-46-40-34-32-31-33-39-45-51-57-69(6)9-3)66-90-94(82,83)88-62-70(77)63-89-95(84,85)91-67-72(65-87-74(79)59-53-47-43-37-38-44-50-56-68(4)5)93-75(80)60-54-48-41-35-29-21-19-17-15-13-11-8-2/h68-72,77H,7-67H2,1-6H3,(H,82,83)(H,84,85)/t69?,70-,71-,72-/m1/s1. The van der Waals surface area contributed by atoms with Gasteiger partial charge in [-0.1, -0.05) is 343 Å². The average molecular weight is 1400 g/mol. The minimum atomic E-state index is -4.96. The number of ether oxygens (including phenoxy) is 4. The van der Waals surface area contributed by atoms with Crippen molar-refractivity contribution >= 4 is 39.5 Å². The topological polar surface area (TPSA) is 237 Å². The quantitative estimate of drug-likeness (QED) is 0.0222. The van der Waals surface area contributed by atoms with E-state index in [1.807, 2.05) is 0 Å². The van der Waals surface area contributed by atoms with E-state index in [9.17, 15) is 43.2 Å². The Kier molecular flexibility index (Phi) is 66.5. The number of phosphoric acid groups is 2. The molecule has 17 nitrogen and oxygen atoms in total. The highest BCUT2D eigenvalue weighted by molar-refractivity contribution is 7.47. The molecule has 3 unspecified atom stereocenters. The Hall–Kier alpha value is -1.94. The number of phosphoric ester groups is 2. The highest BCUT2D eigenvalue weighted by atomic mass is 31.2. The molecule has 6 atom stereocenters. The Morgan fingerprint density at radius 1 is 0.305 bits per heavy atom. The molecule has 0 rings (SSSR count). The van der Waals surface area contributed by atoms with E-state index in [2.05, 4.69) is 41.5 Å². The fourth-order valence-corrected chi connectivity index (χ4v) is 13.2. The molecule has 0 saturated heterocycles. The summed E-state index contributed by atoms with van der Waals surface area (Å²) in [6, 6.07) is 0. The molecule has 0 heterocycles. The van der Waals surface area contributed by atoms with Gasteiger partial charge in [0.25, 0.3) is 0 Å². The number of hydrogen-bond acceptors (Lipinski definition) is 15. The molecular weight excluding hydrogens is 1250 g/mol. The van der Waals surface area contributed by atoms with Gasteiger partial charge < -0.3 is 33.8 Å². The Morgan fingerprint density at radius 2 is 0.537 bits per heavy atom. The van der Waals surface area contributed by atoms with Gasteiger partial charge in [-0.2, -0.15) is 0 Å². The molecule has 0 aliphatic carbocycles. The lowest BCUT2D eigenvalue weighted by Crippen LogP contribution is -2.30. The molecule has 95 heavy (non-hydrogen) atoms. The lowest BCUT2D eigenvalue weighted by Gasteiger charge is -2.21. The molecule has 0 bridgehead atoms. The van der Waals surface area contributed by atoms with E-state index in [0.29, 0.717) is 31.6 Å². The molecule has 0 saturated carbocycles. The molecule has 0 amide bonds. The zero-order valence-electron chi connectivity index (χ0n) is 62.0. The van der Waals surface area contributed by atoms with Crippen molar-refractivity contribution in [2.75, 3.05) is 39.6 Å². The third-order valence-corrected chi connectivity index (χ3v) is 20.0. The normalized spacial score (nSPS) is 14.3. The van der Waals surface area contributed by atoms with Gasteiger partial charge in [-0.05, 0) is 37.5 Å². The first-order valence-corrected chi connectivity index (χ1v) is 42.5. The Labute approximate surface area is 581 Å². The summed E-state index contributed by atoms with van der Waals surface area (Å²) < 4.78 is 68.5. The maximum Gasteiger partial charge on any atom is 0.472 e. The number of unbranched alkanes of at least 4 members (excludes halogenated alkanes) is 44. The first-order chi connectivity index (χ1) is 45.9. The van der Waals surface area contributed by atoms with Gasteiger partial charge in [0.15, 0.2) is 12.2 Å². The summed E-state index contributed by atoms with van der Waals surface area (Å²) in [4.78, 5) is 72.8. The number of aliphatic hydroxyl groups is 1. The van der Waals surface area contributed by atoms with Crippen LogP contribution < -0.4 is 0 Å². The van der Waals surface area contributed by atoms with Crippen LogP contribution in [0.5, 0.6) is 0 Å². The third kappa shape index (κ3) is 69.0. The van der Waals surface area contributed by atoms with Crippen LogP contribution in [0.2, 0.25) is 0 Å². The van der Waals surface area contributed by atoms with Crippen LogP contribution in [0.4, 0.5) is 0 Å². The van der Waals surface area contributed by atoms with Crippen molar-refractivity contribution < 1.29 is 80.2 Å². The zero-order chi connectivity index (χ0) is 70.0. The molecule has 0 fully saturated rings. The van der Waals surface area contributed by atoms with Crippen LogP contribution in [0, 0.1) is 11.8 Å². The van der Waals surface area contributed by atoms with Crippen LogP contribution in [0.25, 0.3) is 0 Å². The number of esters is 4. The minimum absolute atomic E-state index is 0.107. The van der Waals surface area contributed by atoms with E-state index >= 15 is 0 Å².